The summed E-state index contributed by atoms with van der Waals surface area (Å²) in [5.41, 5.74) is 5.08. The van der Waals surface area contributed by atoms with Crippen molar-refractivity contribution in [1.82, 2.24) is 9.97 Å². The molecule has 2 aromatic heterocycles. The van der Waals surface area contributed by atoms with E-state index in [1.165, 1.54) is 29.7 Å². The molecule has 1 amide bonds. The molecule has 1 aromatic carbocycles. The standard InChI is InChI=1S/C20H21N3OS/c1-10-6-5-7-15(11(10)2)22-19(24)17-12(3)16-13(4)21-18(14-8-9-14)23-20(16)25-17/h5-7,14H,8-9H2,1-4H3,(H,22,24). The van der Waals surface area contributed by atoms with E-state index < -0.39 is 0 Å². The van der Waals surface area contributed by atoms with Crippen molar-refractivity contribution >= 4 is 33.1 Å². The lowest BCUT2D eigenvalue weighted by atomic mass is 10.1. The van der Waals surface area contributed by atoms with Crippen molar-refractivity contribution in [3.8, 4) is 0 Å². The van der Waals surface area contributed by atoms with Crippen molar-refractivity contribution in [3.05, 3.63) is 51.3 Å². The third kappa shape index (κ3) is 2.82. The van der Waals surface area contributed by atoms with Crippen LogP contribution in [0.2, 0.25) is 0 Å². The molecule has 0 atom stereocenters. The number of nitrogens with one attached hydrogen (secondary N) is 1. The lowest BCUT2D eigenvalue weighted by Gasteiger charge is -2.10. The molecular weight excluding hydrogens is 330 g/mol. The fourth-order valence-electron chi connectivity index (χ4n) is 3.17. The maximum atomic E-state index is 12.9. The van der Waals surface area contributed by atoms with Gasteiger partial charge in [0.25, 0.3) is 5.91 Å². The first-order valence-electron chi connectivity index (χ1n) is 8.61. The molecule has 0 bridgehead atoms. The lowest BCUT2D eigenvalue weighted by molar-refractivity contribution is 0.103. The van der Waals surface area contributed by atoms with E-state index in [0.29, 0.717) is 5.92 Å². The number of fused-ring (bicyclic) bond motifs is 1. The summed E-state index contributed by atoms with van der Waals surface area (Å²) in [5.74, 6) is 1.38. The quantitative estimate of drug-likeness (QED) is 0.718. The molecule has 1 aliphatic rings. The van der Waals surface area contributed by atoms with Gasteiger partial charge < -0.3 is 5.32 Å². The molecule has 1 fully saturated rings. The Morgan fingerprint density at radius 2 is 1.88 bits per heavy atom. The Kier molecular flexibility index (Phi) is 3.84. The zero-order chi connectivity index (χ0) is 17.7. The zero-order valence-electron chi connectivity index (χ0n) is 14.9. The first-order valence-corrected chi connectivity index (χ1v) is 9.42. The smallest absolute Gasteiger partial charge is 0.266 e. The largest absolute Gasteiger partial charge is 0.321 e. The number of hydrogen-bond donors (Lipinski definition) is 1. The number of aryl methyl sites for hydroxylation is 3. The molecule has 3 aromatic rings. The van der Waals surface area contributed by atoms with Crippen molar-refractivity contribution in [2.24, 2.45) is 0 Å². The average molecular weight is 351 g/mol. The lowest BCUT2D eigenvalue weighted by Crippen LogP contribution is -2.12. The molecule has 0 saturated heterocycles. The van der Waals surface area contributed by atoms with Gasteiger partial charge in [-0.1, -0.05) is 12.1 Å². The van der Waals surface area contributed by atoms with E-state index in [1.54, 1.807) is 0 Å². The molecule has 1 aliphatic carbocycles. The van der Waals surface area contributed by atoms with E-state index in [4.69, 9.17) is 4.98 Å². The third-order valence-corrected chi connectivity index (χ3v) is 6.17. The van der Waals surface area contributed by atoms with Crippen LogP contribution >= 0.6 is 11.3 Å². The number of benzene rings is 1. The van der Waals surface area contributed by atoms with Gasteiger partial charge in [-0.25, -0.2) is 9.97 Å². The van der Waals surface area contributed by atoms with Crippen LogP contribution in [-0.2, 0) is 0 Å². The molecule has 1 N–H and O–H groups in total. The summed E-state index contributed by atoms with van der Waals surface area (Å²) in [6, 6.07) is 5.96. The highest BCUT2D eigenvalue weighted by atomic mass is 32.1. The zero-order valence-corrected chi connectivity index (χ0v) is 15.8. The summed E-state index contributed by atoms with van der Waals surface area (Å²) < 4.78 is 0. The number of nitrogens with zero attached hydrogens (tertiary/aromatic N) is 2. The van der Waals surface area contributed by atoms with E-state index in [-0.39, 0.29) is 5.91 Å². The molecule has 5 heteroatoms. The number of carbonyl (C=O) groups is 1. The van der Waals surface area contributed by atoms with Crippen LogP contribution in [0.15, 0.2) is 18.2 Å². The van der Waals surface area contributed by atoms with Gasteiger partial charge >= 0.3 is 0 Å². The minimum absolute atomic E-state index is 0.0680. The van der Waals surface area contributed by atoms with Gasteiger partial charge in [-0.3, -0.25) is 4.79 Å². The Balaban J connectivity index is 1.73. The molecule has 2 heterocycles. The number of anilines is 1. The maximum absolute atomic E-state index is 12.9. The minimum atomic E-state index is -0.0680. The highest BCUT2D eigenvalue weighted by Crippen LogP contribution is 2.40. The Morgan fingerprint density at radius 3 is 2.60 bits per heavy atom. The highest BCUT2D eigenvalue weighted by Gasteiger charge is 2.28. The summed E-state index contributed by atoms with van der Waals surface area (Å²) in [5, 5.41) is 4.09. The molecule has 128 valence electrons. The maximum Gasteiger partial charge on any atom is 0.266 e. The second kappa shape index (κ2) is 5.92. The molecule has 4 nitrogen and oxygen atoms in total. The fourth-order valence-corrected chi connectivity index (χ4v) is 4.30. The Labute approximate surface area is 151 Å². The van der Waals surface area contributed by atoms with Crippen molar-refractivity contribution in [3.63, 3.8) is 0 Å². The second-order valence-electron chi connectivity index (χ2n) is 6.88. The molecule has 4 rings (SSSR count). The number of aromatic nitrogens is 2. The van der Waals surface area contributed by atoms with Crippen LogP contribution in [0.25, 0.3) is 10.2 Å². The van der Waals surface area contributed by atoms with Crippen LogP contribution < -0.4 is 5.32 Å². The van der Waals surface area contributed by atoms with Gasteiger partial charge in [0, 0.05) is 17.0 Å². The normalized spacial score (nSPS) is 14.1. The van der Waals surface area contributed by atoms with Crippen molar-refractivity contribution in [1.29, 1.82) is 0 Å². The second-order valence-corrected chi connectivity index (χ2v) is 7.88. The monoisotopic (exact) mass is 351 g/mol. The highest BCUT2D eigenvalue weighted by molar-refractivity contribution is 7.20. The van der Waals surface area contributed by atoms with Crippen LogP contribution in [-0.4, -0.2) is 15.9 Å². The van der Waals surface area contributed by atoms with Gasteiger partial charge in [-0.05, 0) is 63.3 Å². The summed E-state index contributed by atoms with van der Waals surface area (Å²) in [7, 11) is 0. The van der Waals surface area contributed by atoms with Crippen LogP contribution in [0.5, 0.6) is 0 Å². The number of hydrogen-bond acceptors (Lipinski definition) is 4. The van der Waals surface area contributed by atoms with E-state index in [9.17, 15) is 4.79 Å². The molecule has 0 spiro atoms. The van der Waals surface area contributed by atoms with Gasteiger partial charge in [-0.2, -0.15) is 0 Å². The van der Waals surface area contributed by atoms with Crippen molar-refractivity contribution in [2.75, 3.05) is 5.32 Å². The summed E-state index contributed by atoms with van der Waals surface area (Å²) in [6.07, 6.45) is 2.35. The molecule has 1 saturated carbocycles. The molecule has 0 aliphatic heterocycles. The summed E-state index contributed by atoms with van der Waals surface area (Å²) >= 11 is 1.47. The summed E-state index contributed by atoms with van der Waals surface area (Å²) in [4.78, 5) is 23.9. The molecule has 0 unspecified atom stereocenters. The van der Waals surface area contributed by atoms with Crippen molar-refractivity contribution in [2.45, 2.75) is 46.5 Å². The van der Waals surface area contributed by atoms with E-state index in [0.717, 1.165) is 43.4 Å². The minimum Gasteiger partial charge on any atom is -0.321 e. The van der Waals surface area contributed by atoms with Gasteiger partial charge in [0.2, 0.25) is 0 Å². The average Bonchev–Trinajstić information content (AvgIpc) is 3.36. The Morgan fingerprint density at radius 1 is 1.12 bits per heavy atom. The number of amides is 1. The van der Waals surface area contributed by atoms with Crippen LogP contribution in [0.1, 0.15) is 56.6 Å². The predicted molar refractivity (Wildman–Crippen MR) is 103 cm³/mol. The van der Waals surface area contributed by atoms with Gasteiger partial charge in [0.1, 0.15) is 10.7 Å². The van der Waals surface area contributed by atoms with Crippen LogP contribution in [0.3, 0.4) is 0 Å². The van der Waals surface area contributed by atoms with Gasteiger partial charge in [0.05, 0.1) is 10.6 Å². The third-order valence-electron chi connectivity index (χ3n) is 4.99. The van der Waals surface area contributed by atoms with Crippen molar-refractivity contribution < 1.29 is 4.79 Å². The van der Waals surface area contributed by atoms with Crippen LogP contribution in [0.4, 0.5) is 5.69 Å². The topological polar surface area (TPSA) is 54.9 Å². The number of carbonyl (C=O) groups excluding carboxylic acids is 1. The van der Waals surface area contributed by atoms with E-state index in [1.807, 2.05) is 45.9 Å². The molecule has 25 heavy (non-hydrogen) atoms. The fraction of sp³-hybridized carbons (Fsp3) is 0.350. The van der Waals surface area contributed by atoms with Gasteiger partial charge in [0.15, 0.2) is 0 Å². The molecular formula is C20H21N3OS. The van der Waals surface area contributed by atoms with Gasteiger partial charge in [-0.15, -0.1) is 11.3 Å². The van der Waals surface area contributed by atoms with E-state index >= 15 is 0 Å². The number of rotatable bonds is 3. The first-order chi connectivity index (χ1) is 12.0. The Bertz CT molecular complexity index is 1000. The first kappa shape index (κ1) is 16.2. The van der Waals surface area contributed by atoms with Crippen LogP contribution in [0, 0.1) is 27.7 Å². The SMILES string of the molecule is Cc1cccc(NC(=O)c2sc3nc(C4CC4)nc(C)c3c2C)c1C. The Hall–Kier alpha value is -2.27. The predicted octanol–water partition coefficient (Wildman–Crippen LogP) is 5.05. The van der Waals surface area contributed by atoms with E-state index in [2.05, 4.69) is 10.3 Å². The summed E-state index contributed by atoms with van der Waals surface area (Å²) in [6.45, 7) is 8.08. The number of thiophene rings is 1. The molecule has 0 radical (unpaired) electrons.